The molecule has 0 aliphatic heterocycles. The molecule has 0 amide bonds. The maximum absolute atomic E-state index is 12.3. The molecule has 0 saturated carbocycles. The Morgan fingerprint density at radius 3 is 2.74 bits per heavy atom. The molecule has 1 N–H and O–H groups in total. The molecular formula is C14H21F2NO2. The number of nitrogens with one attached hydrogen (secondary N) is 1. The Morgan fingerprint density at radius 1 is 1.32 bits per heavy atom. The minimum Gasteiger partial charge on any atom is -0.497 e. The maximum Gasteiger partial charge on any atom is 0.261 e. The Bertz CT molecular complexity index is 361. The standard InChI is InChI=1S/C14H21F2NO2/c1-3-7-17-9-13(19-10-14(15)16)11-5-4-6-12(8-11)18-2/h4-6,8,13-14,17H,3,7,9-10H2,1-2H3. The molecule has 1 aromatic carbocycles. The molecule has 0 heterocycles. The zero-order valence-corrected chi connectivity index (χ0v) is 11.4. The summed E-state index contributed by atoms with van der Waals surface area (Å²) in [6.07, 6.45) is -1.87. The number of benzene rings is 1. The SMILES string of the molecule is CCCNCC(OCC(F)F)c1cccc(OC)c1. The van der Waals surface area contributed by atoms with Crippen LogP contribution in [0.25, 0.3) is 0 Å². The first-order valence-corrected chi connectivity index (χ1v) is 6.41. The fraction of sp³-hybridized carbons (Fsp3) is 0.571. The van der Waals surface area contributed by atoms with Gasteiger partial charge in [-0.3, -0.25) is 0 Å². The summed E-state index contributed by atoms with van der Waals surface area (Å²) in [5.41, 5.74) is 0.837. The van der Waals surface area contributed by atoms with Gasteiger partial charge in [0, 0.05) is 6.54 Å². The van der Waals surface area contributed by atoms with Gasteiger partial charge in [0.25, 0.3) is 6.43 Å². The minimum absolute atomic E-state index is 0.393. The van der Waals surface area contributed by atoms with Crippen LogP contribution < -0.4 is 10.1 Å². The Morgan fingerprint density at radius 2 is 2.11 bits per heavy atom. The van der Waals surface area contributed by atoms with Crippen molar-refractivity contribution in [2.75, 3.05) is 26.8 Å². The van der Waals surface area contributed by atoms with E-state index in [0.29, 0.717) is 12.3 Å². The second-order valence-electron chi connectivity index (χ2n) is 4.19. The van der Waals surface area contributed by atoms with E-state index in [1.807, 2.05) is 31.2 Å². The first-order chi connectivity index (χ1) is 9.17. The Labute approximate surface area is 112 Å². The highest BCUT2D eigenvalue weighted by atomic mass is 19.3. The van der Waals surface area contributed by atoms with E-state index in [1.54, 1.807) is 7.11 Å². The molecule has 0 spiro atoms. The summed E-state index contributed by atoms with van der Waals surface area (Å²) in [5, 5.41) is 3.18. The van der Waals surface area contributed by atoms with E-state index < -0.39 is 19.1 Å². The normalized spacial score (nSPS) is 12.7. The highest BCUT2D eigenvalue weighted by Crippen LogP contribution is 2.22. The third-order valence-corrected chi connectivity index (χ3v) is 2.65. The molecule has 0 fully saturated rings. The number of halogens is 2. The van der Waals surface area contributed by atoms with Crippen LogP contribution in [-0.2, 0) is 4.74 Å². The zero-order chi connectivity index (χ0) is 14.1. The predicted molar refractivity (Wildman–Crippen MR) is 70.9 cm³/mol. The average molecular weight is 273 g/mol. The second-order valence-corrected chi connectivity index (χ2v) is 4.19. The van der Waals surface area contributed by atoms with Gasteiger partial charge >= 0.3 is 0 Å². The number of alkyl halides is 2. The molecule has 0 radical (unpaired) electrons. The van der Waals surface area contributed by atoms with Crippen molar-refractivity contribution in [2.24, 2.45) is 0 Å². The van der Waals surface area contributed by atoms with Crippen molar-refractivity contribution < 1.29 is 18.3 Å². The summed E-state index contributed by atoms with van der Waals surface area (Å²) in [6.45, 7) is 2.83. The first-order valence-electron chi connectivity index (χ1n) is 6.41. The van der Waals surface area contributed by atoms with Crippen LogP contribution in [0.1, 0.15) is 25.0 Å². The fourth-order valence-electron chi connectivity index (χ4n) is 1.71. The molecule has 0 bridgehead atoms. The van der Waals surface area contributed by atoms with Gasteiger partial charge in [-0.15, -0.1) is 0 Å². The van der Waals surface area contributed by atoms with Crippen molar-refractivity contribution in [1.82, 2.24) is 5.32 Å². The van der Waals surface area contributed by atoms with Crippen molar-refractivity contribution in [3.05, 3.63) is 29.8 Å². The Hall–Kier alpha value is -1.20. The molecule has 0 aliphatic carbocycles. The van der Waals surface area contributed by atoms with Crippen molar-refractivity contribution >= 4 is 0 Å². The molecule has 0 aliphatic rings. The monoisotopic (exact) mass is 273 g/mol. The summed E-state index contributed by atoms with van der Waals surface area (Å²) in [7, 11) is 1.57. The maximum atomic E-state index is 12.3. The summed E-state index contributed by atoms with van der Waals surface area (Å²) < 4.78 is 34.9. The number of methoxy groups -OCH3 is 1. The molecule has 0 saturated heterocycles. The van der Waals surface area contributed by atoms with E-state index >= 15 is 0 Å². The van der Waals surface area contributed by atoms with E-state index in [-0.39, 0.29) is 0 Å². The van der Waals surface area contributed by atoms with Crippen LogP contribution in [0.4, 0.5) is 8.78 Å². The third-order valence-electron chi connectivity index (χ3n) is 2.65. The Kier molecular flexibility index (Phi) is 7.36. The molecule has 3 nitrogen and oxygen atoms in total. The lowest BCUT2D eigenvalue weighted by molar-refractivity contribution is -0.0246. The van der Waals surface area contributed by atoms with Crippen molar-refractivity contribution in [2.45, 2.75) is 25.9 Å². The smallest absolute Gasteiger partial charge is 0.261 e. The van der Waals surface area contributed by atoms with Crippen LogP contribution in [0.5, 0.6) is 5.75 Å². The highest BCUT2D eigenvalue weighted by molar-refractivity contribution is 5.30. The largest absolute Gasteiger partial charge is 0.497 e. The zero-order valence-electron chi connectivity index (χ0n) is 11.4. The summed E-state index contributed by atoms with van der Waals surface area (Å²) in [5.74, 6) is 0.693. The van der Waals surface area contributed by atoms with E-state index in [2.05, 4.69) is 5.32 Å². The molecule has 108 valence electrons. The highest BCUT2D eigenvalue weighted by Gasteiger charge is 2.15. The van der Waals surface area contributed by atoms with Gasteiger partial charge in [-0.1, -0.05) is 19.1 Å². The van der Waals surface area contributed by atoms with Gasteiger partial charge < -0.3 is 14.8 Å². The van der Waals surface area contributed by atoms with Crippen molar-refractivity contribution in [3.63, 3.8) is 0 Å². The number of hydrogen-bond acceptors (Lipinski definition) is 3. The summed E-state index contributed by atoms with van der Waals surface area (Å²) in [6, 6.07) is 7.30. The van der Waals surface area contributed by atoms with Crippen LogP contribution in [0.3, 0.4) is 0 Å². The van der Waals surface area contributed by atoms with E-state index in [0.717, 1.165) is 18.5 Å². The Balaban J connectivity index is 2.69. The molecule has 5 heteroatoms. The van der Waals surface area contributed by atoms with E-state index in [4.69, 9.17) is 9.47 Å². The number of rotatable bonds is 9. The molecule has 1 aromatic rings. The summed E-state index contributed by atoms with van der Waals surface area (Å²) in [4.78, 5) is 0. The van der Waals surface area contributed by atoms with Crippen LogP contribution in [-0.4, -0.2) is 33.2 Å². The number of hydrogen-bond donors (Lipinski definition) is 1. The van der Waals surface area contributed by atoms with Crippen LogP contribution >= 0.6 is 0 Å². The van der Waals surface area contributed by atoms with Gasteiger partial charge in [0.15, 0.2) is 0 Å². The third kappa shape index (κ3) is 5.98. The molecule has 1 unspecified atom stereocenters. The van der Waals surface area contributed by atoms with Crippen LogP contribution in [0.15, 0.2) is 24.3 Å². The van der Waals surface area contributed by atoms with E-state index in [9.17, 15) is 8.78 Å². The minimum atomic E-state index is -2.46. The molecule has 19 heavy (non-hydrogen) atoms. The molecule has 1 atom stereocenters. The predicted octanol–water partition coefficient (Wildman–Crippen LogP) is 3.02. The molecule has 1 rings (SSSR count). The first kappa shape index (κ1) is 15.9. The quantitative estimate of drug-likeness (QED) is 0.702. The lowest BCUT2D eigenvalue weighted by Crippen LogP contribution is -2.25. The lowest BCUT2D eigenvalue weighted by atomic mass is 10.1. The van der Waals surface area contributed by atoms with Gasteiger partial charge in [-0.2, -0.15) is 0 Å². The van der Waals surface area contributed by atoms with Gasteiger partial charge in [-0.05, 0) is 30.7 Å². The van der Waals surface area contributed by atoms with E-state index in [1.165, 1.54) is 0 Å². The van der Waals surface area contributed by atoms with Gasteiger partial charge in [0.05, 0.1) is 13.2 Å². The number of ether oxygens (including phenoxy) is 2. The second kappa shape index (κ2) is 8.82. The fourth-order valence-corrected chi connectivity index (χ4v) is 1.71. The van der Waals surface area contributed by atoms with Gasteiger partial charge in [0.2, 0.25) is 0 Å². The lowest BCUT2D eigenvalue weighted by Gasteiger charge is -2.19. The average Bonchev–Trinajstić information content (AvgIpc) is 2.42. The summed E-state index contributed by atoms with van der Waals surface area (Å²) >= 11 is 0. The topological polar surface area (TPSA) is 30.5 Å². The van der Waals surface area contributed by atoms with Crippen LogP contribution in [0.2, 0.25) is 0 Å². The molecule has 0 aromatic heterocycles. The van der Waals surface area contributed by atoms with Gasteiger partial charge in [-0.25, -0.2) is 8.78 Å². The molecular weight excluding hydrogens is 252 g/mol. The van der Waals surface area contributed by atoms with Crippen molar-refractivity contribution in [3.8, 4) is 5.75 Å². The van der Waals surface area contributed by atoms with Crippen LogP contribution in [0, 0.1) is 0 Å². The van der Waals surface area contributed by atoms with Gasteiger partial charge in [0.1, 0.15) is 12.4 Å². The van der Waals surface area contributed by atoms with Crippen molar-refractivity contribution in [1.29, 1.82) is 0 Å².